The Morgan fingerprint density at radius 3 is 2.62 bits per heavy atom. The summed E-state index contributed by atoms with van der Waals surface area (Å²) < 4.78 is 10.4. The Morgan fingerprint density at radius 2 is 1.92 bits per heavy atom. The Bertz CT molecular complexity index is 338. The molecule has 13 heavy (non-hydrogen) atoms. The van der Waals surface area contributed by atoms with Crippen LogP contribution in [0.25, 0.3) is 0 Å². The number of furan rings is 1. The summed E-state index contributed by atoms with van der Waals surface area (Å²) >= 11 is 0. The number of ether oxygens (including phenoxy) is 1. The van der Waals surface area contributed by atoms with Gasteiger partial charge in [-0.25, -0.2) is 0 Å². The van der Waals surface area contributed by atoms with Crippen LogP contribution >= 0.6 is 0 Å². The molecule has 0 bridgehead atoms. The zero-order valence-corrected chi connectivity index (χ0v) is 7.14. The molecule has 0 fully saturated rings. The molecule has 0 saturated heterocycles. The monoisotopic (exact) mass is 174 g/mol. The van der Waals surface area contributed by atoms with Gasteiger partial charge >= 0.3 is 0 Å². The van der Waals surface area contributed by atoms with E-state index < -0.39 is 0 Å². The van der Waals surface area contributed by atoms with E-state index in [0.717, 1.165) is 11.3 Å². The minimum Gasteiger partial charge on any atom is -0.489 e. The van der Waals surface area contributed by atoms with E-state index in [1.807, 2.05) is 36.4 Å². The summed E-state index contributed by atoms with van der Waals surface area (Å²) in [7, 11) is 0. The molecule has 1 aromatic heterocycles. The molecule has 1 heterocycles. The number of rotatable bonds is 3. The predicted molar refractivity (Wildman–Crippen MR) is 49.5 cm³/mol. The summed E-state index contributed by atoms with van der Waals surface area (Å²) in [5, 5.41) is 0. The van der Waals surface area contributed by atoms with Gasteiger partial charge in [-0.15, -0.1) is 0 Å². The van der Waals surface area contributed by atoms with Crippen molar-refractivity contribution in [1.29, 1.82) is 0 Å². The van der Waals surface area contributed by atoms with Crippen LogP contribution < -0.4 is 4.74 Å². The van der Waals surface area contributed by atoms with Crippen molar-refractivity contribution in [3.8, 4) is 5.75 Å². The van der Waals surface area contributed by atoms with Crippen LogP contribution in [0.2, 0.25) is 0 Å². The molecule has 2 aromatic rings. The first-order valence-electron chi connectivity index (χ1n) is 4.14. The topological polar surface area (TPSA) is 22.4 Å². The number of hydrogen-bond donors (Lipinski definition) is 0. The van der Waals surface area contributed by atoms with Crippen LogP contribution in [0.3, 0.4) is 0 Å². The van der Waals surface area contributed by atoms with Gasteiger partial charge in [-0.05, 0) is 18.2 Å². The maximum Gasteiger partial charge on any atom is 0.119 e. The summed E-state index contributed by atoms with van der Waals surface area (Å²) in [5.74, 6) is 0.878. The zero-order chi connectivity index (χ0) is 8.93. The van der Waals surface area contributed by atoms with E-state index in [-0.39, 0.29) is 0 Å². The number of para-hydroxylation sites is 1. The first kappa shape index (κ1) is 7.92. The molecule has 0 atom stereocenters. The van der Waals surface area contributed by atoms with Crippen LogP contribution in [0.5, 0.6) is 5.75 Å². The third kappa shape index (κ3) is 2.12. The van der Waals surface area contributed by atoms with Gasteiger partial charge in [-0.3, -0.25) is 0 Å². The largest absolute Gasteiger partial charge is 0.489 e. The maximum atomic E-state index is 5.49. The molecule has 0 aliphatic rings. The minimum atomic E-state index is 0.556. The lowest BCUT2D eigenvalue weighted by molar-refractivity contribution is 0.305. The molecule has 66 valence electrons. The van der Waals surface area contributed by atoms with Gasteiger partial charge < -0.3 is 9.15 Å². The third-order valence-corrected chi connectivity index (χ3v) is 1.73. The predicted octanol–water partition coefficient (Wildman–Crippen LogP) is 2.86. The smallest absolute Gasteiger partial charge is 0.119 e. The molecule has 1 aromatic carbocycles. The van der Waals surface area contributed by atoms with Gasteiger partial charge in [0.15, 0.2) is 0 Å². The van der Waals surface area contributed by atoms with Gasteiger partial charge in [0, 0.05) is 5.56 Å². The normalized spacial score (nSPS) is 9.85. The highest BCUT2D eigenvalue weighted by molar-refractivity contribution is 5.21. The van der Waals surface area contributed by atoms with E-state index >= 15 is 0 Å². The fourth-order valence-corrected chi connectivity index (χ4v) is 1.06. The summed E-state index contributed by atoms with van der Waals surface area (Å²) in [6, 6.07) is 11.6. The van der Waals surface area contributed by atoms with Crippen LogP contribution in [0.4, 0.5) is 0 Å². The van der Waals surface area contributed by atoms with Gasteiger partial charge in [0.25, 0.3) is 0 Å². The van der Waals surface area contributed by atoms with Crippen molar-refractivity contribution in [3.63, 3.8) is 0 Å². The molecule has 0 amide bonds. The molecule has 2 rings (SSSR count). The van der Waals surface area contributed by atoms with E-state index in [4.69, 9.17) is 9.15 Å². The molecule has 0 radical (unpaired) electrons. The molecule has 0 unspecified atom stereocenters. The second-order valence-corrected chi connectivity index (χ2v) is 2.73. The fraction of sp³-hybridized carbons (Fsp3) is 0.0909. The summed E-state index contributed by atoms with van der Waals surface area (Å²) in [5.41, 5.74) is 1.05. The highest BCUT2D eigenvalue weighted by Crippen LogP contribution is 2.11. The second-order valence-electron chi connectivity index (χ2n) is 2.73. The highest BCUT2D eigenvalue weighted by atomic mass is 16.5. The van der Waals surface area contributed by atoms with E-state index in [1.54, 1.807) is 12.5 Å². The second kappa shape index (κ2) is 3.81. The van der Waals surface area contributed by atoms with Crippen LogP contribution in [0.1, 0.15) is 5.56 Å². The molecule has 0 spiro atoms. The molecule has 2 heteroatoms. The van der Waals surface area contributed by atoms with Gasteiger partial charge in [-0.1, -0.05) is 18.2 Å². The van der Waals surface area contributed by atoms with Crippen molar-refractivity contribution < 1.29 is 9.15 Å². The maximum absolute atomic E-state index is 5.49. The molecule has 2 nitrogen and oxygen atoms in total. The Balaban J connectivity index is 1.94. The van der Waals surface area contributed by atoms with E-state index in [2.05, 4.69) is 0 Å². The molecule has 0 aliphatic carbocycles. The van der Waals surface area contributed by atoms with E-state index in [9.17, 15) is 0 Å². The SMILES string of the molecule is c1ccc(OCc2ccoc2)cc1. The van der Waals surface area contributed by atoms with Crippen molar-refractivity contribution >= 4 is 0 Å². The Morgan fingerprint density at radius 1 is 1.08 bits per heavy atom. The lowest BCUT2D eigenvalue weighted by atomic mass is 10.3. The van der Waals surface area contributed by atoms with Crippen LogP contribution in [-0.2, 0) is 6.61 Å². The molecular formula is C11H10O2. The van der Waals surface area contributed by atoms with Crippen molar-refractivity contribution in [1.82, 2.24) is 0 Å². The van der Waals surface area contributed by atoms with Crippen molar-refractivity contribution in [2.75, 3.05) is 0 Å². The Hall–Kier alpha value is -1.70. The number of hydrogen-bond acceptors (Lipinski definition) is 2. The highest BCUT2D eigenvalue weighted by Gasteiger charge is 1.94. The van der Waals surface area contributed by atoms with Crippen molar-refractivity contribution in [2.24, 2.45) is 0 Å². The molecule has 0 N–H and O–H groups in total. The average Bonchev–Trinajstić information content (AvgIpc) is 2.69. The molecule has 0 saturated carbocycles. The first-order valence-corrected chi connectivity index (χ1v) is 4.14. The van der Waals surface area contributed by atoms with Crippen LogP contribution in [-0.4, -0.2) is 0 Å². The zero-order valence-electron chi connectivity index (χ0n) is 7.14. The van der Waals surface area contributed by atoms with Gasteiger partial charge in [0.05, 0.1) is 12.5 Å². The lowest BCUT2D eigenvalue weighted by Crippen LogP contribution is -1.92. The van der Waals surface area contributed by atoms with Gasteiger partial charge in [-0.2, -0.15) is 0 Å². The Labute approximate surface area is 76.8 Å². The van der Waals surface area contributed by atoms with Crippen LogP contribution in [0, 0.1) is 0 Å². The van der Waals surface area contributed by atoms with Gasteiger partial charge in [0.1, 0.15) is 12.4 Å². The average molecular weight is 174 g/mol. The third-order valence-electron chi connectivity index (χ3n) is 1.73. The lowest BCUT2D eigenvalue weighted by Gasteiger charge is -2.02. The van der Waals surface area contributed by atoms with E-state index in [0.29, 0.717) is 6.61 Å². The molecule has 0 aliphatic heterocycles. The minimum absolute atomic E-state index is 0.556. The first-order chi connectivity index (χ1) is 6.45. The summed E-state index contributed by atoms with van der Waals surface area (Å²) in [6.07, 6.45) is 3.33. The van der Waals surface area contributed by atoms with Crippen molar-refractivity contribution in [3.05, 3.63) is 54.5 Å². The summed E-state index contributed by atoms with van der Waals surface area (Å²) in [4.78, 5) is 0. The Kier molecular flexibility index (Phi) is 2.32. The fourth-order valence-electron chi connectivity index (χ4n) is 1.06. The van der Waals surface area contributed by atoms with Gasteiger partial charge in [0.2, 0.25) is 0 Å². The van der Waals surface area contributed by atoms with Crippen LogP contribution in [0.15, 0.2) is 53.3 Å². The molecular weight excluding hydrogens is 164 g/mol. The standard InChI is InChI=1S/C11H10O2/c1-2-4-11(5-3-1)13-9-10-6-7-12-8-10/h1-8H,9H2. The van der Waals surface area contributed by atoms with Crippen molar-refractivity contribution in [2.45, 2.75) is 6.61 Å². The quantitative estimate of drug-likeness (QED) is 0.713. The number of benzene rings is 1. The van der Waals surface area contributed by atoms with E-state index in [1.165, 1.54) is 0 Å². The summed E-state index contributed by atoms with van der Waals surface area (Å²) in [6.45, 7) is 0.556.